The maximum Gasteiger partial charge on any atom is 0.209 e. The third-order valence-electron chi connectivity index (χ3n) is 3.22. The molecule has 1 heterocycles. The summed E-state index contributed by atoms with van der Waals surface area (Å²) in [7, 11) is 0. The number of para-hydroxylation sites is 1. The van der Waals surface area contributed by atoms with Gasteiger partial charge in [-0.1, -0.05) is 30.0 Å². The molecule has 1 aliphatic carbocycles. The first-order valence-corrected chi connectivity index (χ1v) is 7.89. The van der Waals surface area contributed by atoms with Gasteiger partial charge in [-0.25, -0.2) is 9.67 Å². The lowest BCUT2D eigenvalue weighted by molar-refractivity contribution is 0.782. The van der Waals surface area contributed by atoms with Crippen LogP contribution in [0.25, 0.3) is 5.69 Å². The lowest BCUT2D eigenvalue weighted by Gasteiger charge is -2.03. The fraction of sp³-hybridized carbons (Fsp3) is 0.400. The number of benzene rings is 1. The molecule has 4 nitrogen and oxygen atoms in total. The molecule has 0 spiro atoms. The molecule has 0 unspecified atom stereocenters. The van der Waals surface area contributed by atoms with Gasteiger partial charge in [0, 0.05) is 18.1 Å². The molecule has 0 saturated heterocycles. The number of rotatable bonds is 6. The Kier molecular flexibility index (Phi) is 4.03. The van der Waals surface area contributed by atoms with Crippen LogP contribution in [0.3, 0.4) is 0 Å². The molecule has 5 heteroatoms. The number of thioether (sulfide) groups is 1. The maximum atomic E-state index is 8.55. The third kappa shape index (κ3) is 3.02. The molecule has 20 heavy (non-hydrogen) atoms. The molecule has 0 bridgehead atoms. The molecule has 0 N–H and O–H groups in total. The number of aromatic nitrogens is 3. The minimum Gasteiger partial charge on any atom is -0.216 e. The molecule has 2 aromatic rings. The lowest BCUT2D eigenvalue weighted by atomic mass is 10.3. The van der Waals surface area contributed by atoms with Crippen LogP contribution in [0.2, 0.25) is 0 Å². The molecule has 1 aromatic heterocycles. The number of nitrogens with zero attached hydrogens (tertiary/aromatic N) is 4. The van der Waals surface area contributed by atoms with E-state index in [1.54, 1.807) is 11.8 Å². The SMILES string of the molecule is N#CCCCSc1nc(C2CC2)n(-c2ccccc2)n1. The first-order valence-electron chi connectivity index (χ1n) is 6.90. The van der Waals surface area contributed by atoms with Crippen LogP contribution in [-0.4, -0.2) is 20.5 Å². The number of hydrogen-bond donors (Lipinski definition) is 0. The van der Waals surface area contributed by atoms with Gasteiger partial charge < -0.3 is 0 Å². The summed E-state index contributed by atoms with van der Waals surface area (Å²) in [6, 6.07) is 12.3. The van der Waals surface area contributed by atoms with Gasteiger partial charge in [-0.2, -0.15) is 5.26 Å². The summed E-state index contributed by atoms with van der Waals surface area (Å²) in [5, 5.41) is 14.0. The minimum absolute atomic E-state index is 0.566. The molecule has 1 aromatic carbocycles. The topological polar surface area (TPSA) is 54.5 Å². The predicted octanol–water partition coefficient (Wildman–Crippen LogP) is 3.54. The smallest absolute Gasteiger partial charge is 0.209 e. The highest BCUT2D eigenvalue weighted by molar-refractivity contribution is 7.99. The highest BCUT2D eigenvalue weighted by Gasteiger charge is 2.30. The molecule has 0 radical (unpaired) electrons. The van der Waals surface area contributed by atoms with E-state index in [0.29, 0.717) is 12.3 Å². The van der Waals surface area contributed by atoms with Crippen LogP contribution in [0, 0.1) is 11.3 Å². The molecule has 0 amide bonds. The molecule has 102 valence electrons. The average molecular weight is 284 g/mol. The van der Waals surface area contributed by atoms with E-state index >= 15 is 0 Å². The summed E-state index contributed by atoms with van der Waals surface area (Å²) in [6.45, 7) is 0. The van der Waals surface area contributed by atoms with Crippen molar-refractivity contribution in [1.29, 1.82) is 5.26 Å². The Morgan fingerprint density at radius 3 is 2.80 bits per heavy atom. The molecular weight excluding hydrogens is 268 g/mol. The molecule has 1 fully saturated rings. The fourth-order valence-corrected chi connectivity index (χ4v) is 2.81. The van der Waals surface area contributed by atoms with Gasteiger partial charge in [0.1, 0.15) is 5.82 Å². The summed E-state index contributed by atoms with van der Waals surface area (Å²) >= 11 is 1.64. The first kappa shape index (κ1) is 13.2. The summed E-state index contributed by atoms with van der Waals surface area (Å²) in [6.07, 6.45) is 3.91. The van der Waals surface area contributed by atoms with Crippen molar-refractivity contribution >= 4 is 11.8 Å². The first-order chi connectivity index (χ1) is 9.88. The standard InChI is InChI=1S/C15H16N4S/c16-10-4-5-11-20-15-17-14(12-8-9-12)19(18-15)13-6-2-1-3-7-13/h1-3,6-7,12H,4-5,8-9,11H2. The Morgan fingerprint density at radius 1 is 1.30 bits per heavy atom. The van der Waals surface area contributed by atoms with E-state index in [-0.39, 0.29) is 0 Å². The van der Waals surface area contributed by atoms with Crippen molar-refractivity contribution in [2.24, 2.45) is 0 Å². The monoisotopic (exact) mass is 284 g/mol. The fourth-order valence-electron chi connectivity index (χ4n) is 2.05. The number of hydrogen-bond acceptors (Lipinski definition) is 4. The normalized spacial score (nSPS) is 14.2. The Bertz CT molecular complexity index is 611. The Morgan fingerprint density at radius 2 is 2.10 bits per heavy atom. The second-order valence-electron chi connectivity index (χ2n) is 4.88. The Hall–Kier alpha value is -1.80. The van der Waals surface area contributed by atoms with Crippen molar-refractivity contribution < 1.29 is 0 Å². The summed E-state index contributed by atoms with van der Waals surface area (Å²) in [5.74, 6) is 2.55. The van der Waals surface area contributed by atoms with Crippen LogP contribution >= 0.6 is 11.8 Å². The zero-order valence-electron chi connectivity index (χ0n) is 11.2. The summed E-state index contributed by atoms with van der Waals surface area (Å²) in [4.78, 5) is 4.68. The van der Waals surface area contributed by atoms with E-state index in [2.05, 4.69) is 28.3 Å². The summed E-state index contributed by atoms with van der Waals surface area (Å²) < 4.78 is 1.98. The van der Waals surface area contributed by atoms with E-state index in [1.165, 1.54) is 12.8 Å². The van der Waals surface area contributed by atoms with Crippen LogP contribution in [0.15, 0.2) is 35.5 Å². The predicted molar refractivity (Wildman–Crippen MR) is 78.9 cm³/mol. The molecule has 0 aliphatic heterocycles. The van der Waals surface area contributed by atoms with E-state index < -0.39 is 0 Å². The van der Waals surface area contributed by atoms with Gasteiger partial charge in [0.2, 0.25) is 5.16 Å². The molecule has 3 rings (SSSR count). The third-order valence-corrected chi connectivity index (χ3v) is 4.14. The van der Waals surface area contributed by atoms with Crippen LogP contribution in [0.4, 0.5) is 0 Å². The van der Waals surface area contributed by atoms with Crippen molar-refractivity contribution in [3.63, 3.8) is 0 Å². The molecule has 1 saturated carbocycles. The quantitative estimate of drug-likeness (QED) is 0.601. The highest BCUT2D eigenvalue weighted by Crippen LogP contribution is 2.40. The van der Waals surface area contributed by atoms with E-state index in [9.17, 15) is 0 Å². The Balaban J connectivity index is 1.79. The van der Waals surface area contributed by atoms with Crippen LogP contribution in [-0.2, 0) is 0 Å². The molecular formula is C15H16N4S. The van der Waals surface area contributed by atoms with Gasteiger partial charge in [0.25, 0.3) is 0 Å². The summed E-state index contributed by atoms with van der Waals surface area (Å²) in [5.41, 5.74) is 1.07. The average Bonchev–Trinajstić information content (AvgIpc) is 3.25. The highest BCUT2D eigenvalue weighted by atomic mass is 32.2. The number of unbranched alkanes of at least 4 members (excludes halogenated alkanes) is 1. The lowest BCUT2D eigenvalue weighted by Crippen LogP contribution is -2.01. The van der Waals surface area contributed by atoms with E-state index in [1.807, 2.05) is 22.9 Å². The van der Waals surface area contributed by atoms with Gasteiger partial charge >= 0.3 is 0 Å². The zero-order valence-corrected chi connectivity index (χ0v) is 12.0. The minimum atomic E-state index is 0.566. The van der Waals surface area contributed by atoms with Crippen molar-refractivity contribution in [2.45, 2.75) is 36.8 Å². The largest absolute Gasteiger partial charge is 0.216 e. The van der Waals surface area contributed by atoms with Crippen LogP contribution in [0.1, 0.15) is 37.4 Å². The maximum absolute atomic E-state index is 8.55. The van der Waals surface area contributed by atoms with Crippen molar-refractivity contribution in [1.82, 2.24) is 14.8 Å². The van der Waals surface area contributed by atoms with Crippen LogP contribution in [0.5, 0.6) is 0 Å². The van der Waals surface area contributed by atoms with Gasteiger partial charge in [-0.15, -0.1) is 5.10 Å². The zero-order chi connectivity index (χ0) is 13.8. The van der Waals surface area contributed by atoms with Crippen molar-refractivity contribution in [2.75, 3.05) is 5.75 Å². The van der Waals surface area contributed by atoms with E-state index in [4.69, 9.17) is 5.26 Å². The second-order valence-corrected chi connectivity index (χ2v) is 5.95. The van der Waals surface area contributed by atoms with Gasteiger partial charge in [-0.3, -0.25) is 0 Å². The van der Waals surface area contributed by atoms with Gasteiger partial charge in [0.15, 0.2) is 0 Å². The molecule has 0 atom stereocenters. The van der Waals surface area contributed by atoms with Crippen molar-refractivity contribution in [3.05, 3.63) is 36.2 Å². The van der Waals surface area contributed by atoms with Gasteiger partial charge in [-0.05, 0) is 31.4 Å². The second kappa shape index (κ2) is 6.10. The number of nitriles is 1. The van der Waals surface area contributed by atoms with Gasteiger partial charge in [0.05, 0.1) is 11.8 Å². The Labute approximate surface area is 122 Å². The van der Waals surface area contributed by atoms with Crippen LogP contribution < -0.4 is 0 Å². The van der Waals surface area contributed by atoms with Crippen molar-refractivity contribution in [3.8, 4) is 11.8 Å². The molecule has 1 aliphatic rings. The van der Waals surface area contributed by atoms with E-state index in [0.717, 1.165) is 28.8 Å².